The zero-order valence-corrected chi connectivity index (χ0v) is 17.0. The molecular weight excluding hydrogens is 384 g/mol. The summed E-state index contributed by atoms with van der Waals surface area (Å²) in [5.74, 6) is 2.02. The van der Waals surface area contributed by atoms with Crippen molar-refractivity contribution in [3.8, 4) is 23.1 Å². The number of rotatable bonds is 10. The summed E-state index contributed by atoms with van der Waals surface area (Å²) in [6.07, 6.45) is 1.59. The number of aryl methyl sites for hydroxylation is 1. The van der Waals surface area contributed by atoms with Crippen LogP contribution in [0.25, 0.3) is 0 Å². The van der Waals surface area contributed by atoms with Gasteiger partial charge < -0.3 is 24.3 Å². The zero-order valence-electron chi connectivity index (χ0n) is 17.0. The van der Waals surface area contributed by atoms with Crippen LogP contribution in [0.5, 0.6) is 23.1 Å². The number of carbonyl (C=O) groups excluding carboxylic acids is 1. The van der Waals surface area contributed by atoms with Crippen LogP contribution in [0.4, 0.5) is 5.69 Å². The molecule has 7 heteroatoms. The first kappa shape index (κ1) is 21.1. The van der Waals surface area contributed by atoms with Gasteiger partial charge in [-0.25, -0.2) is 4.98 Å². The molecule has 1 amide bonds. The standard InChI is InChI=1S/C23H24N2O5/c1-17-5-7-19(8-6-17)30-20-11-9-18(10-12-20)29-16-22(26)25-21-4-3-13-24-23(21)28-15-14-27-2/h3-13H,14-16H2,1-2H3,(H,25,26). The second-order valence-electron chi connectivity index (χ2n) is 6.42. The fourth-order valence-corrected chi connectivity index (χ4v) is 2.50. The molecular formula is C23H24N2O5. The molecule has 0 spiro atoms. The molecule has 0 atom stereocenters. The van der Waals surface area contributed by atoms with Crippen LogP contribution in [0.3, 0.4) is 0 Å². The predicted molar refractivity (Wildman–Crippen MR) is 113 cm³/mol. The molecule has 156 valence electrons. The summed E-state index contributed by atoms with van der Waals surface area (Å²) in [6, 6.07) is 18.3. The maximum Gasteiger partial charge on any atom is 0.262 e. The Hall–Kier alpha value is -3.58. The minimum atomic E-state index is -0.320. The number of benzene rings is 2. The summed E-state index contributed by atoms with van der Waals surface area (Å²) in [5, 5.41) is 2.74. The van der Waals surface area contributed by atoms with Gasteiger partial charge in [0.25, 0.3) is 5.91 Å². The number of amides is 1. The van der Waals surface area contributed by atoms with Crippen molar-refractivity contribution in [2.45, 2.75) is 6.92 Å². The lowest BCUT2D eigenvalue weighted by molar-refractivity contribution is -0.118. The Balaban J connectivity index is 1.49. The molecule has 0 aliphatic rings. The van der Waals surface area contributed by atoms with E-state index in [0.29, 0.717) is 36.3 Å². The van der Waals surface area contributed by atoms with E-state index in [1.165, 1.54) is 5.56 Å². The van der Waals surface area contributed by atoms with Gasteiger partial charge in [-0.15, -0.1) is 0 Å². The van der Waals surface area contributed by atoms with Gasteiger partial charge >= 0.3 is 0 Å². The number of aromatic nitrogens is 1. The summed E-state index contributed by atoms with van der Waals surface area (Å²) in [7, 11) is 1.59. The number of hydrogen-bond acceptors (Lipinski definition) is 6. The third-order valence-electron chi connectivity index (χ3n) is 4.02. The van der Waals surface area contributed by atoms with Crippen molar-refractivity contribution in [3.63, 3.8) is 0 Å². The Labute approximate surface area is 175 Å². The summed E-state index contributed by atoms with van der Waals surface area (Å²) in [4.78, 5) is 16.4. The van der Waals surface area contributed by atoms with Gasteiger partial charge in [-0.3, -0.25) is 4.79 Å². The molecule has 1 N–H and O–H groups in total. The quantitative estimate of drug-likeness (QED) is 0.506. The lowest BCUT2D eigenvalue weighted by atomic mass is 10.2. The largest absolute Gasteiger partial charge is 0.484 e. The predicted octanol–water partition coefficient (Wildman–Crippen LogP) is 4.23. The molecule has 3 rings (SSSR count). The average Bonchev–Trinajstić information content (AvgIpc) is 2.76. The maximum atomic E-state index is 12.2. The molecule has 0 bridgehead atoms. The van der Waals surface area contributed by atoms with Gasteiger partial charge in [-0.2, -0.15) is 0 Å². The number of ether oxygens (including phenoxy) is 4. The lowest BCUT2D eigenvalue weighted by Crippen LogP contribution is -2.21. The summed E-state index contributed by atoms with van der Waals surface area (Å²) in [5.41, 5.74) is 1.65. The van der Waals surface area contributed by atoms with Crippen LogP contribution in [0.2, 0.25) is 0 Å². The highest BCUT2D eigenvalue weighted by Crippen LogP contribution is 2.24. The molecule has 0 saturated heterocycles. The van der Waals surface area contributed by atoms with Crippen LogP contribution in [-0.4, -0.2) is 37.8 Å². The van der Waals surface area contributed by atoms with E-state index in [4.69, 9.17) is 18.9 Å². The Bertz CT molecular complexity index is 943. The van der Waals surface area contributed by atoms with E-state index >= 15 is 0 Å². The van der Waals surface area contributed by atoms with E-state index in [-0.39, 0.29) is 12.5 Å². The summed E-state index contributed by atoms with van der Waals surface area (Å²) in [6.45, 7) is 2.64. The molecule has 0 unspecified atom stereocenters. The van der Waals surface area contributed by atoms with Crippen molar-refractivity contribution in [1.29, 1.82) is 0 Å². The maximum absolute atomic E-state index is 12.2. The minimum Gasteiger partial charge on any atom is -0.484 e. The third kappa shape index (κ3) is 6.49. The Morgan fingerprint density at radius 2 is 1.57 bits per heavy atom. The van der Waals surface area contributed by atoms with Gasteiger partial charge in [0.15, 0.2) is 6.61 Å². The van der Waals surface area contributed by atoms with Gasteiger partial charge in [0.05, 0.1) is 6.61 Å². The summed E-state index contributed by atoms with van der Waals surface area (Å²) < 4.78 is 21.8. The Kier molecular flexibility index (Phi) is 7.63. The number of hydrogen-bond donors (Lipinski definition) is 1. The van der Waals surface area contributed by atoms with Crippen LogP contribution in [0, 0.1) is 6.92 Å². The number of anilines is 1. The molecule has 3 aromatic rings. The van der Waals surface area contributed by atoms with Crippen LogP contribution < -0.4 is 19.5 Å². The molecule has 0 radical (unpaired) electrons. The second kappa shape index (κ2) is 10.8. The topological polar surface area (TPSA) is 78.9 Å². The number of nitrogens with one attached hydrogen (secondary N) is 1. The molecule has 0 saturated carbocycles. The van der Waals surface area contributed by atoms with E-state index in [0.717, 1.165) is 5.75 Å². The van der Waals surface area contributed by atoms with Crippen molar-refractivity contribution < 1.29 is 23.7 Å². The van der Waals surface area contributed by atoms with E-state index in [9.17, 15) is 4.79 Å². The van der Waals surface area contributed by atoms with Gasteiger partial charge in [0, 0.05) is 13.3 Å². The molecule has 7 nitrogen and oxygen atoms in total. The van der Waals surface area contributed by atoms with Crippen molar-refractivity contribution >= 4 is 11.6 Å². The van der Waals surface area contributed by atoms with E-state index in [1.807, 2.05) is 31.2 Å². The van der Waals surface area contributed by atoms with E-state index in [2.05, 4.69) is 10.3 Å². The minimum absolute atomic E-state index is 0.148. The molecule has 1 heterocycles. The fraction of sp³-hybridized carbons (Fsp3) is 0.217. The van der Waals surface area contributed by atoms with Crippen molar-refractivity contribution in [1.82, 2.24) is 4.98 Å². The van der Waals surface area contributed by atoms with Crippen LogP contribution in [0.1, 0.15) is 5.56 Å². The second-order valence-corrected chi connectivity index (χ2v) is 6.42. The molecule has 0 aliphatic carbocycles. The number of carbonyl (C=O) groups is 1. The molecule has 30 heavy (non-hydrogen) atoms. The van der Waals surface area contributed by atoms with Gasteiger partial charge in [-0.1, -0.05) is 17.7 Å². The molecule has 0 fully saturated rings. The van der Waals surface area contributed by atoms with Gasteiger partial charge in [0.1, 0.15) is 29.5 Å². The smallest absolute Gasteiger partial charge is 0.262 e. The van der Waals surface area contributed by atoms with Crippen LogP contribution in [0.15, 0.2) is 66.9 Å². The van der Waals surface area contributed by atoms with Gasteiger partial charge in [-0.05, 0) is 55.5 Å². The number of pyridine rings is 1. The van der Waals surface area contributed by atoms with E-state index in [1.54, 1.807) is 49.7 Å². The highest BCUT2D eigenvalue weighted by atomic mass is 16.5. The van der Waals surface area contributed by atoms with Crippen molar-refractivity contribution in [2.24, 2.45) is 0 Å². The first-order valence-corrected chi connectivity index (χ1v) is 9.48. The first-order valence-electron chi connectivity index (χ1n) is 9.48. The first-order chi connectivity index (χ1) is 14.6. The monoisotopic (exact) mass is 408 g/mol. The molecule has 1 aromatic heterocycles. The number of methoxy groups -OCH3 is 1. The number of nitrogens with zero attached hydrogens (tertiary/aromatic N) is 1. The Morgan fingerprint density at radius 3 is 2.27 bits per heavy atom. The highest BCUT2D eigenvalue weighted by molar-refractivity contribution is 5.92. The Morgan fingerprint density at radius 1 is 0.900 bits per heavy atom. The normalized spacial score (nSPS) is 10.3. The van der Waals surface area contributed by atoms with Crippen LogP contribution >= 0.6 is 0 Å². The van der Waals surface area contributed by atoms with Gasteiger partial charge in [0.2, 0.25) is 5.88 Å². The average molecular weight is 408 g/mol. The third-order valence-corrected chi connectivity index (χ3v) is 4.02. The van der Waals surface area contributed by atoms with Crippen LogP contribution in [-0.2, 0) is 9.53 Å². The zero-order chi connectivity index (χ0) is 21.2. The molecule has 2 aromatic carbocycles. The van der Waals surface area contributed by atoms with E-state index < -0.39 is 0 Å². The summed E-state index contributed by atoms with van der Waals surface area (Å²) >= 11 is 0. The lowest BCUT2D eigenvalue weighted by Gasteiger charge is -2.12. The SMILES string of the molecule is COCCOc1ncccc1NC(=O)COc1ccc(Oc2ccc(C)cc2)cc1. The fourth-order valence-electron chi connectivity index (χ4n) is 2.50. The highest BCUT2D eigenvalue weighted by Gasteiger charge is 2.10. The van der Waals surface area contributed by atoms with Crippen molar-refractivity contribution in [3.05, 3.63) is 72.4 Å². The molecule has 0 aliphatic heterocycles. The van der Waals surface area contributed by atoms with Crippen molar-refractivity contribution in [2.75, 3.05) is 32.2 Å².